The van der Waals surface area contributed by atoms with Gasteiger partial charge in [-0.25, -0.2) is 0 Å². The normalized spacial score (nSPS) is 19.3. The molecule has 2 N–H and O–H groups in total. The van der Waals surface area contributed by atoms with Gasteiger partial charge in [0, 0.05) is 24.2 Å². The van der Waals surface area contributed by atoms with Gasteiger partial charge in [-0.05, 0) is 49.4 Å². The van der Waals surface area contributed by atoms with Crippen molar-refractivity contribution < 1.29 is 9.59 Å². The van der Waals surface area contributed by atoms with Gasteiger partial charge in [0.1, 0.15) is 5.56 Å². The first-order valence-electron chi connectivity index (χ1n) is 10.7. The van der Waals surface area contributed by atoms with Crippen LogP contribution in [0.2, 0.25) is 0 Å². The number of nitrogens with one attached hydrogen (secondary N) is 2. The highest BCUT2D eigenvalue weighted by Crippen LogP contribution is 2.33. The van der Waals surface area contributed by atoms with Gasteiger partial charge in [-0.1, -0.05) is 44.2 Å². The number of fused-ring (bicyclic) bond motifs is 1. The summed E-state index contributed by atoms with van der Waals surface area (Å²) in [6, 6.07) is 11.7. The quantitative estimate of drug-likeness (QED) is 0.798. The van der Waals surface area contributed by atoms with E-state index in [4.69, 9.17) is 0 Å². The Bertz CT molecular complexity index is 1000. The number of hydrogen-bond donors (Lipinski definition) is 2. The zero-order chi connectivity index (χ0) is 21.3. The number of rotatable bonds is 5. The Morgan fingerprint density at radius 3 is 2.53 bits per heavy atom. The van der Waals surface area contributed by atoms with Crippen LogP contribution in [0.5, 0.6) is 0 Å². The number of hydrogen-bond acceptors (Lipinski definition) is 4. The lowest BCUT2D eigenvalue weighted by Crippen LogP contribution is -2.39. The second-order valence-electron chi connectivity index (χ2n) is 9.22. The van der Waals surface area contributed by atoms with Crippen molar-refractivity contribution in [3.63, 3.8) is 0 Å². The van der Waals surface area contributed by atoms with Crippen LogP contribution in [0.15, 0.2) is 41.2 Å². The molecule has 158 valence electrons. The molecule has 4 rings (SSSR count). The van der Waals surface area contributed by atoms with Crippen molar-refractivity contribution in [2.24, 2.45) is 5.41 Å². The molecule has 1 saturated heterocycles. The van der Waals surface area contributed by atoms with Gasteiger partial charge in [0.25, 0.3) is 11.5 Å². The topological polar surface area (TPSA) is 82.3 Å². The van der Waals surface area contributed by atoms with E-state index in [1.165, 1.54) is 6.07 Å². The molecule has 1 unspecified atom stereocenters. The van der Waals surface area contributed by atoms with E-state index in [0.717, 1.165) is 31.5 Å². The summed E-state index contributed by atoms with van der Waals surface area (Å²) < 4.78 is 0. The van der Waals surface area contributed by atoms with Crippen LogP contribution in [0.25, 0.3) is 0 Å². The number of carbonyl (C=O) groups is 2. The Hall–Kier alpha value is -2.73. The Morgan fingerprint density at radius 1 is 1.13 bits per heavy atom. The van der Waals surface area contributed by atoms with E-state index < -0.39 is 11.5 Å². The predicted octanol–water partition coefficient (Wildman–Crippen LogP) is 3.10. The third-order valence-electron chi connectivity index (χ3n) is 6.18. The van der Waals surface area contributed by atoms with E-state index in [-0.39, 0.29) is 22.8 Å². The summed E-state index contributed by atoms with van der Waals surface area (Å²) in [6.45, 7) is 6.43. The molecule has 0 bridgehead atoms. The summed E-state index contributed by atoms with van der Waals surface area (Å²) >= 11 is 0. The van der Waals surface area contributed by atoms with E-state index in [9.17, 15) is 14.4 Å². The van der Waals surface area contributed by atoms with Crippen molar-refractivity contribution in [3.05, 3.63) is 69.1 Å². The third-order valence-corrected chi connectivity index (χ3v) is 6.18. The van der Waals surface area contributed by atoms with Gasteiger partial charge in [-0.15, -0.1) is 0 Å². The molecular weight excluding hydrogens is 378 g/mol. The number of carbonyl (C=O) groups excluding carboxylic acids is 2. The van der Waals surface area contributed by atoms with Gasteiger partial charge >= 0.3 is 0 Å². The number of H-pyrrole nitrogens is 1. The van der Waals surface area contributed by atoms with E-state index in [1.807, 2.05) is 32.0 Å². The largest absolute Gasteiger partial charge is 0.350 e. The van der Waals surface area contributed by atoms with Crippen LogP contribution in [0, 0.1) is 5.41 Å². The van der Waals surface area contributed by atoms with Crippen LogP contribution in [0.4, 0.5) is 0 Å². The number of Topliss-reactive ketones (excluding diaryl/α,β-unsaturated/α-hetero) is 1. The fourth-order valence-electron chi connectivity index (χ4n) is 4.67. The first-order valence-corrected chi connectivity index (χ1v) is 10.7. The van der Waals surface area contributed by atoms with Crippen molar-refractivity contribution in [2.45, 2.75) is 45.6 Å². The molecule has 6 nitrogen and oxygen atoms in total. The van der Waals surface area contributed by atoms with Gasteiger partial charge in [0.2, 0.25) is 0 Å². The molecule has 0 spiro atoms. The maximum Gasteiger partial charge on any atom is 0.261 e. The summed E-state index contributed by atoms with van der Waals surface area (Å²) in [7, 11) is 0. The summed E-state index contributed by atoms with van der Waals surface area (Å²) in [4.78, 5) is 43.2. The maximum absolute atomic E-state index is 12.9. The Kier molecular flexibility index (Phi) is 5.60. The average Bonchev–Trinajstić information content (AvgIpc) is 3.22. The highest BCUT2D eigenvalue weighted by molar-refractivity contribution is 6.02. The maximum atomic E-state index is 12.9. The first-order chi connectivity index (χ1) is 14.3. The van der Waals surface area contributed by atoms with Crippen molar-refractivity contribution in [1.82, 2.24) is 15.2 Å². The van der Waals surface area contributed by atoms with E-state index in [0.29, 0.717) is 30.6 Å². The zero-order valence-corrected chi connectivity index (χ0v) is 17.7. The molecule has 1 amide bonds. The first kappa shape index (κ1) is 20.5. The van der Waals surface area contributed by atoms with Crippen LogP contribution >= 0.6 is 0 Å². The standard InChI is InChI=1S/C24H29N3O3/c1-24(2)13-19-17(21(28)14-24)12-18(23(30)26-19)22(29)25-15-20(27-10-6-7-11-27)16-8-4-3-5-9-16/h3-5,8-9,12,20H,6-7,10-11,13-15H2,1-2H3,(H,25,29)(H,26,30). The molecule has 1 fully saturated rings. The third kappa shape index (κ3) is 4.24. The number of pyridine rings is 1. The van der Waals surface area contributed by atoms with Gasteiger partial charge in [-0.3, -0.25) is 19.3 Å². The lowest BCUT2D eigenvalue weighted by molar-refractivity contribution is 0.0910. The molecule has 0 radical (unpaired) electrons. The van der Waals surface area contributed by atoms with Gasteiger partial charge in [0.15, 0.2) is 5.78 Å². The summed E-state index contributed by atoms with van der Waals surface area (Å²) in [6.07, 6.45) is 3.34. The van der Waals surface area contributed by atoms with Gasteiger partial charge in [-0.2, -0.15) is 0 Å². The summed E-state index contributed by atoms with van der Waals surface area (Å²) in [5, 5.41) is 2.94. The van der Waals surface area contributed by atoms with Crippen LogP contribution in [-0.2, 0) is 6.42 Å². The van der Waals surface area contributed by atoms with Crippen molar-refractivity contribution in [3.8, 4) is 0 Å². The molecule has 1 atom stereocenters. The Labute approximate surface area is 176 Å². The van der Waals surface area contributed by atoms with Crippen molar-refractivity contribution in [1.29, 1.82) is 0 Å². The molecule has 1 aliphatic heterocycles. The van der Waals surface area contributed by atoms with Crippen molar-refractivity contribution >= 4 is 11.7 Å². The molecule has 1 aromatic heterocycles. The van der Waals surface area contributed by atoms with E-state index >= 15 is 0 Å². The number of aromatic nitrogens is 1. The summed E-state index contributed by atoms with van der Waals surface area (Å²) in [5.41, 5.74) is 1.64. The number of likely N-dealkylation sites (tertiary alicyclic amines) is 1. The lowest BCUT2D eigenvalue weighted by Gasteiger charge is -2.30. The van der Waals surface area contributed by atoms with Crippen LogP contribution in [0.3, 0.4) is 0 Å². The summed E-state index contributed by atoms with van der Waals surface area (Å²) in [5.74, 6) is -0.456. The minimum absolute atomic E-state index is 0.00930. The Morgan fingerprint density at radius 2 is 1.83 bits per heavy atom. The molecular formula is C24H29N3O3. The van der Waals surface area contributed by atoms with Crippen LogP contribution < -0.4 is 10.9 Å². The SMILES string of the molecule is CC1(C)CC(=O)c2cc(C(=O)NCC(c3ccccc3)N3CCCC3)c(=O)[nH]c2C1. The second-order valence-corrected chi connectivity index (χ2v) is 9.22. The predicted molar refractivity (Wildman–Crippen MR) is 116 cm³/mol. The number of nitrogens with zero attached hydrogens (tertiary/aromatic N) is 1. The second kappa shape index (κ2) is 8.19. The minimum Gasteiger partial charge on any atom is -0.350 e. The minimum atomic E-state index is -0.436. The smallest absolute Gasteiger partial charge is 0.261 e. The fraction of sp³-hybridized carbons (Fsp3) is 0.458. The molecule has 1 aliphatic carbocycles. The molecule has 2 heterocycles. The van der Waals surface area contributed by atoms with Gasteiger partial charge in [0.05, 0.1) is 6.04 Å². The fourth-order valence-corrected chi connectivity index (χ4v) is 4.67. The highest BCUT2D eigenvalue weighted by Gasteiger charge is 2.33. The monoisotopic (exact) mass is 407 g/mol. The molecule has 30 heavy (non-hydrogen) atoms. The van der Waals surface area contributed by atoms with Gasteiger partial charge < -0.3 is 10.3 Å². The molecule has 1 aromatic carbocycles. The molecule has 2 aliphatic rings. The van der Waals surface area contributed by atoms with E-state index in [1.54, 1.807) is 0 Å². The van der Waals surface area contributed by atoms with Crippen LogP contribution in [0.1, 0.15) is 71.1 Å². The number of benzene rings is 1. The number of aromatic amines is 1. The molecule has 2 aromatic rings. The van der Waals surface area contributed by atoms with Crippen LogP contribution in [-0.4, -0.2) is 41.2 Å². The zero-order valence-electron chi connectivity index (χ0n) is 17.7. The van der Waals surface area contributed by atoms with Crippen molar-refractivity contribution in [2.75, 3.05) is 19.6 Å². The molecule has 6 heteroatoms. The number of ketones is 1. The highest BCUT2D eigenvalue weighted by atomic mass is 16.2. The average molecular weight is 408 g/mol. The number of amides is 1. The van der Waals surface area contributed by atoms with E-state index in [2.05, 4.69) is 27.3 Å². The Balaban J connectivity index is 1.54. The molecule has 0 saturated carbocycles. The lowest BCUT2D eigenvalue weighted by atomic mass is 9.75.